The molecule has 0 N–H and O–H groups in total. The minimum absolute atomic E-state index is 0.437. The monoisotopic (exact) mass is 678 g/mol. The van der Waals surface area contributed by atoms with Gasteiger partial charge in [-0.1, -0.05) is 273 Å². The Morgan fingerprint density at radius 1 is 0.277 bits per heavy atom. The highest BCUT2D eigenvalue weighted by atomic mass is 28.4. The topological polar surface area (TPSA) is 19.9 Å². The molecule has 0 fully saturated rings. The predicted octanol–water partition coefficient (Wildman–Crippen LogP) is 17.6. The van der Waals surface area contributed by atoms with Crippen molar-refractivity contribution >= 4 is 8.32 Å². The highest BCUT2D eigenvalue weighted by Gasteiger charge is 2.48. The molecule has 0 aromatic heterocycles. The SMILES string of the molecule is CCCCCCCCCCCCCC(C)[Si]([O])(C(C)CCCCCCCCCCCCC)C(C)CCCCCCCCCCCCC. The van der Waals surface area contributed by atoms with E-state index in [1.54, 1.807) is 0 Å². The molecule has 0 aromatic rings. The summed E-state index contributed by atoms with van der Waals surface area (Å²) in [5, 5.41) is 0. The second-order valence-corrected chi connectivity index (χ2v) is 21.2. The lowest BCUT2D eigenvalue weighted by Gasteiger charge is -2.39. The maximum absolute atomic E-state index is 15.1. The highest BCUT2D eigenvalue weighted by molar-refractivity contribution is 6.76. The van der Waals surface area contributed by atoms with Gasteiger partial charge < -0.3 is 0 Å². The summed E-state index contributed by atoms with van der Waals surface area (Å²) in [4.78, 5) is 15.1. The Hall–Kier alpha value is 0.177. The van der Waals surface area contributed by atoms with Crippen LogP contribution in [0.5, 0.6) is 0 Å². The molecule has 0 amide bonds. The van der Waals surface area contributed by atoms with Gasteiger partial charge in [0.2, 0.25) is 8.32 Å². The Morgan fingerprint density at radius 3 is 0.596 bits per heavy atom. The van der Waals surface area contributed by atoms with E-state index in [9.17, 15) is 0 Å². The van der Waals surface area contributed by atoms with E-state index in [1.807, 2.05) is 0 Å². The second kappa shape index (κ2) is 36.0. The number of unbranched alkanes of at least 4 members (excludes halogenated alkanes) is 30. The zero-order valence-electron chi connectivity index (χ0n) is 34.1. The maximum Gasteiger partial charge on any atom is 0.245 e. The molecule has 3 unspecified atom stereocenters. The van der Waals surface area contributed by atoms with E-state index in [-0.39, 0.29) is 0 Å². The number of hydrogen-bond acceptors (Lipinski definition) is 0. The third kappa shape index (κ3) is 27.6. The standard InChI is InChI=1S/C45H93OSi/c1-7-10-13-16-19-22-25-28-31-34-37-40-43(4)47(46,44(5)41-38-35-32-29-26-23-20-17-14-11-8-2)45(6)42-39-36-33-30-27-24-21-18-15-12-9-3/h43-45H,7-42H2,1-6H3. The summed E-state index contributed by atoms with van der Waals surface area (Å²) in [6, 6.07) is 0. The van der Waals surface area contributed by atoms with Gasteiger partial charge >= 0.3 is 0 Å². The Balaban J connectivity index is 4.55. The average Bonchev–Trinajstić information content (AvgIpc) is 3.07. The lowest BCUT2D eigenvalue weighted by atomic mass is 10.0. The Kier molecular flexibility index (Phi) is 36.1. The van der Waals surface area contributed by atoms with Gasteiger partial charge in [-0.2, -0.15) is 0 Å². The zero-order valence-corrected chi connectivity index (χ0v) is 35.1. The van der Waals surface area contributed by atoms with Crippen LogP contribution in [-0.2, 0) is 4.80 Å². The van der Waals surface area contributed by atoms with Crippen molar-refractivity contribution in [2.75, 3.05) is 0 Å². The Bertz CT molecular complexity index is 512. The minimum Gasteiger partial charge on any atom is -0.296 e. The third-order valence-electron chi connectivity index (χ3n) is 12.0. The fourth-order valence-corrected chi connectivity index (χ4v) is 13.4. The van der Waals surface area contributed by atoms with Crippen LogP contribution in [0.25, 0.3) is 0 Å². The van der Waals surface area contributed by atoms with E-state index < -0.39 is 8.32 Å². The van der Waals surface area contributed by atoms with Gasteiger partial charge in [0, 0.05) is 0 Å². The summed E-state index contributed by atoms with van der Waals surface area (Å²) in [5.41, 5.74) is 1.31. The molecule has 47 heavy (non-hydrogen) atoms. The van der Waals surface area contributed by atoms with E-state index in [0.29, 0.717) is 16.6 Å². The van der Waals surface area contributed by atoms with Crippen LogP contribution in [0.4, 0.5) is 0 Å². The smallest absolute Gasteiger partial charge is 0.245 e. The summed E-state index contributed by atoms with van der Waals surface area (Å²) in [7, 11) is -2.60. The van der Waals surface area contributed by atoms with Crippen LogP contribution in [-0.4, -0.2) is 8.32 Å². The number of hydrogen-bond donors (Lipinski definition) is 0. The summed E-state index contributed by atoms with van der Waals surface area (Å²) in [6.07, 6.45) is 49.8. The molecule has 1 radical (unpaired) electrons. The van der Waals surface area contributed by atoms with Gasteiger partial charge in [0.1, 0.15) is 0 Å². The Morgan fingerprint density at radius 2 is 0.426 bits per heavy atom. The summed E-state index contributed by atoms with van der Waals surface area (Å²) < 4.78 is 0. The van der Waals surface area contributed by atoms with Gasteiger partial charge in [0.05, 0.1) is 0 Å². The number of rotatable bonds is 39. The summed E-state index contributed by atoms with van der Waals surface area (Å²) in [5.74, 6) is 0. The molecule has 1 nitrogen and oxygen atoms in total. The van der Waals surface area contributed by atoms with Crippen molar-refractivity contribution < 1.29 is 4.80 Å². The van der Waals surface area contributed by atoms with Crippen molar-refractivity contribution in [2.45, 2.75) is 289 Å². The van der Waals surface area contributed by atoms with Crippen LogP contribution in [0.1, 0.15) is 273 Å². The molecular weight excluding hydrogens is 585 g/mol. The van der Waals surface area contributed by atoms with Crippen LogP contribution in [0.3, 0.4) is 0 Å². The average molecular weight is 678 g/mol. The molecule has 0 heterocycles. The fourth-order valence-electron chi connectivity index (χ4n) is 8.48. The molecule has 0 aliphatic heterocycles. The second-order valence-electron chi connectivity index (χ2n) is 16.5. The van der Waals surface area contributed by atoms with E-state index in [1.165, 1.54) is 231 Å². The van der Waals surface area contributed by atoms with Gasteiger partial charge in [-0.25, -0.2) is 0 Å². The molecule has 0 aliphatic carbocycles. The molecule has 0 aliphatic rings. The lowest BCUT2D eigenvalue weighted by molar-refractivity contribution is 0.346. The molecule has 0 saturated carbocycles. The molecule has 0 spiro atoms. The summed E-state index contributed by atoms with van der Waals surface area (Å²) in [6.45, 7) is 14.1. The van der Waals surface area contributed by atoms with E-state index in [2.05, 4.69) is 41.5 Å². The van der Waals surface area contributed by atoms with Crippen LogP contribution < -0.4 is 0 Å². The summed E-state index contributed by atoms with van der Waals surface area (Å²) >= 11 is 0. The van der Waals surface area contributed by atoms with Crippen molar-refractivity contribution in [1.29, 1.82) is 0 Å². The van der Waals surface area contributed by atoms with Gasteiger partial charge in [-0.15, -0.1) is 0 Å². The van der Waals surface area contributed by atoms with Crippen molar-refractivity contribution in [3.8, 4) is 0 Å². The highest BCUT2D eigenvalue weighted by Crippen LogP contribution is 2.47. The molecule has 0 saturated heterocycles. The quantitative estimate of drug-likeness (QED) is 0.0456. The Labute approximate surface area is 301 Å². The van der Waals surface area contributed by atoms with Gasteiger partial charge in [-0.05, 0) is 16.6 Å². The first-order valence-electron chi connectivity index (χ1n) is 22.6. The van der Waals surface area contributed by atoms with Crippen molar-refractivity contribution in [3.05, 3.63) is 0 Å². The first-order valence-corrected chi connectivity index (χ1v) is 24.8. The predicted molar refractivity (Wildman–Crippen MR) is 218 cm³/mol. The molecule has 0 aromatic carbocycles. The first kappa shape index (κ1) is 47.2. The molecule has 3 atom stereocenters. The fraction of sp³-hybridized carbons (Fsp3) is 1.00. The van der Waals surface area contributed by atoms with E-state index >= 15 is 4.80 Å². The maximum atomic E-state index is 15.1. The van der Waals surface area contributed by atoms with Crippen LogP contribution in [0, 0.1) is 0 Å². The molecule has 0 bridgehead atoms. The van der Waals surface area contributed by atoms with Gasteiger partial charge in [0.25, 0.3) is 0 Å². The van der Waals surface area contributed by atoms with Crippen LogP contribution in [0.2, 0.25) is 16.6 Å². The van der Waals surface area contributed by atoms with Crippen molar-refractivity contribution in [3.63, 3.8) is 0 Å². The zero-order chi connectivity index (χ0) is 34.7. The normalized spacial score (nSPS) is 15.1. The van der Waals surface area contributed by atoms with Crippen LogP contribution in [0.15, 0.2) is 0 Å². The molecule has 2 heteroatoms. The third-order valence-corrected chi connectivity index (χ3v) is 17.5. The molecule has 283 valence electrons. The lowest BCUT2D eigenvalue weighted by Crippen LogP contribution is -2.46. The van der Waals surface area contributed by atoms with Crippen molar-refractivity contribution in [2.24, 2.45) is 0 Å². The van der Waals surface area contributed by atoms with Crippen LogP contribution >= 0.6 is 0 Å². The molecular formula is C45H93OSi. The van der Waals surface area contributed by atoms with Crippen molar-refractivity contribution in [1.82, 2.24) is 0 Å². The largest absolute Gasteiger partial charge is 0.296 e. The molecule has 0 rings (SSSR count). The van der Waals surface area contributed by atoms with E-state index in [0.717, 1.165) is 0 Å². The van der Waals surface area contributed by atoms with Gasteiger partial charge in [0.15, 0.2) is 0 Å². The van der Waals surface area contributed by atoms with E-state index in [4.69, 9.17) is 0 Å². The van der Waals surface area contributed by atoms with Gasteiger partial charge in [-0.3, -0.25) is 4.80 Å². The first-order chi connectivity index (χ1) is 22.9. The minimum atomic E-state index is -2.60.